The standard InChI is InChI=1S/C20H23N3O3S2/c1-25-15-3-4-16-14(13-21-17(16)12-15)11-18-19(24)23(20(27)28-18)6-2-5-22-7-9-26-10-8-22/h3-4,11-13,24H,2,5-10H2,1H3. The maximum Gasteiger partial charge on any atom is 0.210 e. The van der Waals surface area contributed by atoms with E-state index in [4.69, 9.17) is 21.7 Å². The van der Waals surface area contributed by atoms with E-state index in [-0.39, 0.29) is 5.88 Å². The molecule has 0 spiro atoms. The van der Waals surface area contributed by atoms with Gasteiger partial charge in [0.25, 0.3) is 0 Å². The molecule has 28 heavy (non-hydrogen) atoms. The molecule has 6 nitrogen and oxygen atoms in total. The summed E-state index contributed by atoms with van der Waals surface area (Å²) in [7, 11) is 1.64. The van der Waals surface area contributed by atoms with Crippen molar-refractivity contribution >= 4 is 47.1 Å². The van der Waals surface area contributed by atoms with Crippen LogP contribution in [-0.2, 0) is 11.3 Å². The predicted octanol–water partition coefficient (Wildman–Crippen LogP) is 3.97. The number of morpholine rings is 1. The largest absolute Gasteiger partial charge is 0.497 e. The summed E-state index contributed by atoms with van der Waals surface area (Å²) < 4.78 is 13.2. The average Bonchev–Trinajstić information content (AvgIpc) is 3.24. The van der Waals surface area contributed by atoms with Gasteiger partial charge in [-0.3, -0.25) is 14.5 Å². The smallest absolute Gasteiger partial charge is 0.210 e. The minimum absolute atomic E-state index is 0.236. The van der Waals surface area contributed by atoms with Crippen LogP contribution >= 0.6 is 23.6 Å². The Balaban J connectivity index is 1.48. The maximum absolute atomic E-state index is 10.7. The Morgan fingerprint density at radius 2 is 2.14 bits per heavy atom. The van der Waals surface area contributed by atoms with E-state index in [1.54, 1.807) is 7.11 Å². The van der Waals surface area contributed by atoms with Crippen LogP contribution < -0.4 is 4.74 Å². The summed E-state index contributed by atoms with van der Waals surface area (Å²) in [4.78, 5) is 7.60. The van der Waals surface area contributed by atoms with Crippen LogP contribution in [0.3, 0.4) is 0 Å². The molecule has 1 aromatic carbocycles. The van der Waals surface area contributed by atoms with Crippen molar-refractivity contribution in [3.8, 4) is 11.6 Å². The molecule has 2 aliphatic heterocycles. The van der Waals surface area contributed by atoms with Crippen molar-refractivity contribution in [1.82, 2.24) is 9.47 Å². The summed E-state index contributed by atoms with van der Waals surface area (Å²) >= 11 is 6.92. The maximum atomic E-state index is 10.7. The minimum Gasteiger partial charge on any atom is -0.497 e. The quantitative estimate of drug-likeness (QED) is 0.721. The Kier molecular flexibility index (Phi) is 5.91. The van der Waals surface area contributed by atoms with Crippen molar-refractivity contribution in [3.63, 3.8) is 0 Å². The lowest BCUT2D eigenvalue weighted by Crippen LogP contribution is -2.37. The number of aromatic hydroxyl groups is 1. The van der Waals surface area contributed by atoms with Gasteiger partial charge < -0.3 is 14.6 Å². The molecule has 0 amide bonds. The molecular formula is C20H23N3O3S2. The SMILES string of the molecule is COc1ccc2c(c1)N=CC2=Cc1sc(=S)n(CCCN2CCOCC2)c1O. The second-order valence-corrected chi connectivity index (χ2v) is 8.43. The van der Waals surface area contributed by atoms with Gasteiger partial charge in [-0.25, -0.2) is 0 Å². The van der Waals surface area contributed by atoms with E-state index in [1.165, 1.54) is 11.3 Å². The number of nitrogens with zero attached hydrogens (tertiary/aromatic N) is 3. The molecule has 1 saturated heterocycles. The van der Waals surface area contributed by atoms with Gasteiger partial charge >= 0.3 is 0 Å². The highest BCUT2D eigenvalue weighted by Gasteiger charge is 2.17. The van der Waals surface area contributed by atoms with Crippen molar-refractivity contribution in [3.05, 3.63) is 32.6 Å². The third-order valence-electron chi connectivity index (χ3n) is 5.00. The highest BCUT2D eigenvalue weighted by Crippen LogP contribution is 2.37. The summed E-state index contributed by atoms with van der Waals surface area (Å²) in [5, 5.41) is 10.7. The summed E-state index contributed by atoms with van der Waals surface area (Å²) in [5.74, 6) is 1.02. The topological polar surface area (TPSA) is 59.2 Å². The molecule has 2 aromatic rings. The zero-order valence-corrected chi connectivity index (χ0v) is 17.4. The molecule has 0 atom stereocenters. The van der Waals surface area contributed by atoms with Crippen molar-refractivity contribution in [2.75, 3.05) is 40.0 Å². The molecule has 0 radical (unpaired) electrons. The number of aliphatic imine (C=N–C) groups is 1. The van der Waals surface area contributed by atoms with E-state index in [0.29, 0.717) is 10.5 Å². The van der Waals surface area contributed by atoms with E-state index in [2.05, 4.69) is 9.89 Å². The van der Waals surface area contributed by atoms with E-state index < -0.39 is 0 Å². The normalized spacial score (nSPS) is 18.0. The Morgan fingerprint density at radius 3 is 2.93 bits per heavy atom. The highest BCUT2D eigenvalue weighted by atomic mass is 32.1. The Labute approximate surface area is 173 Å². The first-order chi connectivity index (χ1) is 13.7. The van der Waals surface area contributed by atoms with E-state index in [9.17, 15) is 5.11 Å². The number of rotatable bonds is 6. The fraction of sp³-hybridized carbons (Fsp3) is 0.400. The number of ether oxygens (including phenoxy) is 2. The number of thiazole rings is 1. The fourth-order valence-corrected chi connectivity index (χ4v) is 4.75. The summed E-state index contributed by atoms with van der Waals surface area (Å²) in [6.45, 7) is 5.25. The fourth-order valence-electron chi connectivity index (χ4n) is 3.44. The van der Waals surface area contributed by atoms with Crippen LogP contribution in [0.25, 0.3) is 11.6 Å². The number of fused-ring (bicyclic) bond motifs is 1. The van der Waals surface area contributed by atoms with Gasteiger partial charge in [-0.1, -0.05) is 0 Å². The van der Waals surface area contributed by atoms with Crippen molar-refractivity contribution < 1.29 is 14.6 Å². The monoisotopic (exact) mass is 417 g/mol. The molecule has 1 fully saturated rings. The molecule has 0 saturated carbocycles. The van der Waals surface area contributed by atoms with Gasteiger partial charge in [-0.15, -0.1) is 11.3 Å². The lowest BCUT2D eigenvalue weighted by Gasteiger charge is -2.26. The molecule has 1 N–H and O–H groups in total. The highest BCUT2D eigenvalue weighted by molar-refractivity contribution is 7.73. The second kappa shape index (κ2) is 8.57. The van der Waals surface area contributed by atoms with Crippen molar-refractivity contribution in [2.24, 2.45) is 4.99 Å². The molecule has 0 bridgehead atoms. The van der Waals surface area contributed by atoms with Crippen LogP contribution in [0.15, 0.2) is 23.2 Å². The molecule has 0 aliphatic carbocycles. The Morgan fingerprint density at radius 1 is 1.32 bits per heavy atom. The molecule has 8 heteroatoms. The molecular weight excluding hydrogens is 394 g/mol. The van der Waals surface area contributed by atoms with Crippen LogP contribution in [-0.4, -0.2) is 60.7 Å². The summed E-state index contributed by atoms with van der Waals surface area (Å²) in [6, 6.07) is 5.81. The third kappa shape index (κ3) is 4.05. The summed E-state index contributed by atoms with van der Waals surface area (Å²) in [5.41, 5.74) is 2.86. The first-order valence-corrected chi connectivity index (χ1v) is 10.5. The third-order valence-corrected chi connectivity index (χ3v) is 6.38. The van der Waals surface area contributed by atoms with E-state index >= 15 is 0 Å². The summed E-state index contributed by atoms with van der Waals surface area (Å²) in [6.07, 6.45) is 4.71. The molecule has 1 aromatic heterocycles. The molecule has 4 rings (SSSR count). The van der Waals surface area contributed by atoms with Crippen LogP contribution in [0.1, 0.15) is 16.9 Å². The predicted molar refractivity (Wildman–Crippen MR) is 116 cm³/mol. The van der Waals surface area contributed by atoms with E-state index in [0.717, 1.165) is 66.7 Å². The van der Waals surface area contributed by atoms with Crippen LogP contribution in [0.2, 0.25) is 0 Å². The van der Waals surface area contributed by atoms with E-state index in [1.807, 2.05) is 35.1 Å². The van der Waals surface area contributed by atoms with Gasteiger partial charge in [0.05, 0.1) is 30.9 Å². The zero-order valence-electron chi connectivity index (χ0n) is 15.8. The number of allylic oxidation sites excluding steroid dienone is 1. The first-order valence-electron chi connectivity index (χ1n) is 9.32. The lowest BCUT2D eigenvalue weighted by atomic mass is 10.1. The Bertz CT molecular complexity index is 972. The van der Waals surface area contributed by atoms with Gasteiger partial charge in [0.15, 0.2) is 3.95 Å². The van der Waals surface area contributed by atoms with Crippen LogP contribution in [0.5, 0.6) is 11.6 Å². The molecule has 3 heterocycles. The number of methoxy groups -OCH3 is 1. The number of hydrogen-bond donors (Lipinski definition) is 1. The van der Waals surface area contributed by atoms with Crippen molar-refractivity contribution in [1.29, 1.82) is 0 Å². The van der Waals surface area contributed by atoms with Crippen LogP contribution in [0.4, 0.5) is 5.69 Å². The van der Waals surface area contributed by atoms with Crippen LogP contribution in [0, 0.1) is 3.95 Å². The lowest BCUT2D eigenvalue weighted by molar-refractivity contribution is 0.0368. The van der Waals surface area contributed by atoms with Gasteiger partial charge in [-0.2, -0.15) is 0 Å². The van der Waals surface area contributed by atoms with Gasteiger partial charge in [0, 0.05) is 49.6 Å². The Hall–Kier alpha value is -2.00. The number of benzene rings is 1. The van der Waals surface area contributed by atoms with Crippen molar-refractivity contribution in [2.45, 2.75) is 13.0 Å². The second-order valence-electron chi connectivity index (χ2n) is 6.76. The molecule has 0 unspecified atom stereocenters. The zero-order chi connectivity index (χ0) is 19.5. The van der Waals surface area contributed by atoms with Gasteiger partial charge in [0.2, 0.25) is 5.88 Å². The molecule has 2 aliphatic rings. The molecule has 148 valence electrons. The number of aromatic nitrogens is 1. The first kappa shape index (κ1) is 19.3. The van der Waals surface area contributed by atoms with Gasteiger partial charge in [0.1, 0.15) is 5.75 Å². The minimum atomic E-state index is 0.236. The number of hydrogen-bond acceptors (Lipinski definition) is 7. The van der Waals surface area contributed by atoms with Gasteiger partial charge in [-0.05, 0) is 36.8 Å². The average molecular weight is 418 g/mol.